The highest BCUT2D eigenvalue weighted by Crippen LogP contribution is 2.22. The standard InChI is InChI=1S/C15H20F3N5OS2/c1-22(10-15(16,17)18)7-3-6-19-12(24)5-8-23-13(20-21-14(23)25)11-4-2-9-26-11/h2,4,9H,3,5-8,10H2,1H3,(H,19,24)(H,21,25). The van der Waals surface area contributed by atoms with Crippen LogP contribution in [0.25, 0.3) is 10.7 Å². The Morgan fingerprint density at radius 1 is 1.50 bits per heavy atom. The van der Waals surface area contributed by atoms with E-state index in [-0.39, 0.29) is 18.9 Å². The van der Waals surface area contributed by atoms with Crippen molar-refractivity contribution in [1.82, 2.24) is 25.0 Å². The van der Waals surface area contributed by atoms with Crippen molar-refractivity contribution in [2.45, 2.75) is 25.6 Å². The SMILES string of the molecule is CN(CCCNC(=O)CCn1c(-c2cccs2)n[nH]c1=S)CC(F)(F)F. The normalized spacial score (nSPS) is 11.9. The lowest BCUT2D eigenvalue weighted by Gasteiger charge is -2.18. The van der Waals surface area contributed by atoms with E-state index in [0.717, 1.165) is 4.88 Å². The van der Waals surface area contributed by atoms with Crippen molar-refractivity contribution >= 4 is 29.5 Å². The van der Waals surface area contributed by atoms with Crippen LogP contribution in [0.3, 0.4) is 0 Å². The number of carbonyl (C=O) groups is 1. The fourth-order valence-corrected chi connectivity index (χ4v) is 3.33. The monoisotopic (exact) mass is 407 g/mol. The first-order valence-electron chi connectivity index (χ1n) is 7.97. The summed E-state index contributed by atoms with van der Waals surface area (Å²) in [6, 6.07) is 3.83. The van der Waals surface area contributed by atoms with Gasteiger partial charge in [0.1, 0.15) is 0 Å². The molecule has 0 aliphatic rings. The predicted octanol–water partition coefficient (Wildman–Crippen LogP) is 3.06. The Bertz CT molecular complexity index is 754. The second-order valence-electron chi connectivity index (χ2n) is 5.79. The topological polar surface area (TPSA) is 66.0 Å². The van der Waals surface area contributed by atoms with E-state index < -0.39 is 12.7 Å². The van der Waals surface area contributed by atoms with Gasteiger partial charge in [0.2, 0.25) is 5.91 Å². The van der Waals surface area contributed by atoms with E-state index in [0.29, 0.717) is 30.1 Å². The van der Waals surface area contributed by atoms with E-state index in [1.807, 2.05) is 17.5 Å². The smallest absolute Gasteiger partial charge is 0.356 e. The highest BCUT2D eigenvalue weighted by molar-refractivity contribution is 7.71. The van der Waals surface area contributed by atoms with Gasteiger partial charge >= 0.3 is 6.18 Å². The second kappa shape index (κ2) is 9.28. The summed E-state index contributed by atoms with van der Waals surface area (Å²) in [5.74, 6) is 0.510. The molecule has 0 radical (unpaired) electrons. The molecule has 0 atom stereocenters. The van der Waals surface area contributed by atoms with Crippen molar-refractivity contribution < 1.29 is 18.0 Å². The van der Waals surface area contributed by atoms with E-state index in [4.69, 9.17) is 12.2 Å². The Kier molecular flexibility index (Phi) is 7.35. The number of hydrogen-bond donors (Lipinski definition) is 2. The number of thiophene rings is 1. The molecule has 0 saturated heterocycles. The number of nitrogens with one attached hydrogen (secondary N) is 2. The first kappa shape index (κ1) is 20.6. The summed E-state index contributed by atoms with van der Waals surface area (Å²) in [5, 5.41) is 11.6. The number of carbonyl (C=O) groups excluding carboxylic acids is 1. The van der Waals surface area contributed by atoms with Crippen molar-refractivity contribution in [3.05, 3.63) is 22.3 Å². The Morgan fingerprint density at radius 2 is 2.27 bits per heavy atom. The molecule has 2 heterocycles. The third kappa shape index (κ3) is 6.54. The van der Waals surface area contributed by atoms with Gasteiger partial charge in [0.15, 0.2) is 10.6 Å². The van der Waals surface area contributed by atoms with Gasteiger partial charge in [0, 0.05) is 19.5 Å². The quantitative estimate of drug-likeness (QED) is 0.495. The molecule has 0 aromatic carbocycles. The summed E-state index contributed by atoms with van der Waals surface area (Å²) in [7, 11) is 1.40. The van der Waals surface area contributed by atoms with Gasteiger partial charge in [0.05, 0.1) is 11.4 Å². The number of halogens is 3. The van der Waals surface area contributed by atoms with Gasteiger partial charge in [-0.15, -0.1) is 11.3 Å². The molecule has 0 aliphatic carbocycles. The van der Waals surface area contributed by atoms with Crippen LogP contribution in [-0.2, 0) is 11.3 Å². The number of H-pyrrole nitrogens is 1. The zero-order valence-corrected chi connectivity index (χ0v) is 15.8. The lowest BCUT2D eigenvalue weighted by Crippen LogP contribution is -2.34. The second-order valence-corrected chi connectivity index (χ2v) is 7.12. The maximum Gasteiger partial charge on any atom is 0.401 e. The number of aromatic amines is 1. The molecule has 2 N–H and O–H groups in total. The van der Waals surface area contributed by atoms with Gasteiger partial charge in [-0.1, -0.05) is 6.07 Å². The Labute approximate surface area is 158 Å². The van der Waals surface area contributed by atoms with Crippen LogP contribution in [-0.4, -0.2) is 58.4 Å². The maximum absolute atomic E-state index is 12.2. The van der Waals surface area contributed by atoms with Gasteiger partial charge in [-0.05, 0) is 43.7 Å². The molecule has 144 valence electrons. The molecule has 2 aromatic rings. The van der Waals surface area contributed by atoms with Crippen LogP contribution in [0.4, 0.5) is 13.2 Å². The lowest BCUT2D eigenvalue weighted by molar-refractivity contribution is -0.143. The number of aromatic nitrogens is 3. The van der Waals surface area contributed by atoms with Crippen LogP contribution in [0, 0.1) is 4.77 Å². The largest absolute Gasteiger partial charge is 0.401 e. The first-order chi connectivity index (χ1) is 12.3. The van der Waals surface area contributed by atoms with Crippen LogP contribution >= 0.6 is 23.6 Å². The van der Waals surface area contributed by atoms with Gasteiger partial charge in [0.25, 0.3) is 0 Å². The minimum Gasteiger partial charge on any atom is -0.356 e. The predicted molar refractivity (Wildman–Crippen MR) is 96.5 cm³/mol. The molecule has 2 aromatic heterocycles. The average molecular weight is 407 g/mol. The van der Waals surface area contributed by atoms with Gasteiger partial charge in [-0.2, -0.15) is 18.3 Å². The Hall–Kier alpha value is -1.72. The van der Waals surface area contributed by atoms with Crippen molar-refractivity contribution in [1.29, 1.82) is 0 Å². The summed E-state index contributed by atoms with van der Waals surface area (Å²) in [6.07, 6.45) is -3.55. The maximum atomic E-state index is 12.2. The molecule has 0 bridgehead atoms. The minimum atomic E-state index is -4.21. The number of rotatable bonds is 9. The average Bonchev–Trinajstić information content (AvgIpc) is 3.17. The molecular weight excluding hydrogens is 387 g/mol. The molecule has 0 unspecified atom stereocenters. The number of amides is 1. The van der Waals surface area contributed by atoms with Crippen LogP contribution in [0.15, 0.2) is 17.5 Å². The third-order valence-corrected chi connectivity index (χ3v) is 4.73. The van der Waals surface area contributed by atoms with Crippen LogP contribution in [0.5, 0.6) is 0 Å². The van der Waals surface area contributed by atoms with Gasteiger partial charge in [-0.25, -0.2) is 0 Å². The molecule has 0 spiro atoms. The highest BCUT2D eigenvalue weighted by atomic mass is 32.1. The van der Waals surface area contributed by atoms with Crippen molar-refractivity contribution in [2.24, 2.45) is 0 Å². The molecule has 11 heteroatoms. The summed E-state index contributed by atoms with van der Waals surface area (Å²) in [5.41, 5.74) is 0. The van der Waals surface area contributed by atoms with Crippen molar-refractivity contribution in [3.63, 3.8) is 0 Å². The van der Waals surface area contributed by atoms with E-state index in [1.54, 1.807) is 4.57 Å². The summed E-state index contributed by atoms with van der Waals surface area (Å²) in [4.78, 5) is 14.1. The summed E-state index contributed by atoms with van der Waals surface area (Å²) in [6.45, 7) is 0.0122. The zero-order valence-electron chi connectivity index (χ0n) is 14.2. The Balaban J connectivity index is 1.73. The Morgan fingerprint density at radius 3 is 2.92 bits per heavy atom. The number of alkyl halides is 3. The molecule has 0 saturated carbocycles. The molecule has 1 amide bonds. The number of hydrogen-bond acceptors (Lipinski definition) is 5. The van der Waals surface area contributed by atoms with E-state index >= 15 is 0 Å². The van der Waals surface area contributed by atoms with Crippen LogP contribution in [0.1, 0.15) is 12.8 Å². The molecule has 0 aliphatic heterocycles. The van der Waals surface area contributed by atoms with Crippen LogP contribution in [0.2, 0.25) is 0 Å². The molecular formula is C15H20F3N5OS2. The van der Waals surface area contributed by atoms with Crippen LogP contribution < -0.4 is 5.32 Å². The minimum absolute atomic E-state index is 0.177. The van der Waals surface area contributed by atoms with Gasteiger partial charge in [-0.3, -0.25) is 19.4 Å². The number of nitrogens with zero attached hydrogens (tertiary/aromatic N) is 3. The van der Waals surface area contributed by atoms with Crippen molar-refractivity contribution in [2.75, 3.05) is 26.7 Å². The molecule has 0 fully saturated rings. The highest BCUT2D eigenvalue weighted by Gasteiger charge is 2.28. The van der Waals surface area contributed by atoms with E-state index in [9.17, 15) is 18.0 Å². The van der Waals surface area contributed by atoms with E-state index in [1.165, 1.54) is 23.3 Å². The third-order valence-electron chi connectivity index (χ3n) is 3.55. The molecule has 6 nitrogen and oxygen atoms in total. The molecule has 26 heavy (non-hydrogen) atoms. The van der Waals surface area contributed by atoms with Gasteiger partial charge < -0.3 is 5.32 Å². The van der Waals surface area contributed by atoms with E-state index in [2.05, 4.69) is 15.5 Å². The summed E-state index contributed by atoms with van der Waals surface area (Å²) < 4.78 is 38.9. The van der Waals surface area contributed by atoms with Crippen molar-refractivity contribution in [3.8, 4) is 10.7 Å². The fraction of sp³-hybridized carbons (Fsp3) is 0.533. The summed E-state index contributed by atoms with van der Waals surface area (Å²) >= 11 is 6.72. The fourth-order valence-electron chi connectivity index (χ4n) is 2.38. The first-order valence-corrected chi connectivity index (χ1v) is 9.26. The lowest BCUT2D eigenvalue weighted by atomic mass is 10.3. The zero-order chi connectivity index (χ0) is 19.2. The molecule has 2 rings (SSSR count).